The van der Waals surface area contributed by atoms with Gasteiger partial charge < -0.3 is 15.3 Å². The third-order valence-corrected chi connectivity index (χ3v) is 1.80. The van der Waals surface area contributed by atoms with E-state index in [0.29, 0.717) is 13.1 Å². The SMILES string of the molecule is CC(=O)NCCN(C)C(=O)CCC(=O)O. The van der Waals surface area contributed by atoms with Crippen molar-refractivity contribution in [3.8, 4) is 0 Å². The number of rotatable bonds is 6. The lowest BCUT2D eigenvalue weighted by Crippen LogP contribution is -2.35. The molecule has 0 atom stereocenters. The Balaban J connectivity index is 3.69. The first kappa shape index (κ1) is 13.4. The summed E-state index contributed by atoms with van der Waals surface area (Å²) in [6.07, 6.45) is -0.171. The maximum atomic E-state index is 11.3. The molecule has 0 aromatic heterocycles. The van der Waals surface area contributed by atoms with Crippen LogP contribution in [0.3, 0.4) is 0 Å². The van der Waals surface area contributed by atoms with E-state index < -0.39 is 5.97 Å². The topological polar surface area (TPSA) is 86.7 Å². The molecule has 86 valence electrons. The third-order valence-electron chi connectivity index (χ3n) is 1.80. The monoisotopic (exact) mass is 216 g/mol. The maximum Gasteiger partial charge on any atom is 0.303 e. The number of hydrogen-bond acceptors (Lipinski definition) is 3. The van der Waals surface area contributed by atoms with Gasteiger partial charge in [-0.1, -0.05) is 0 Å². The Hall–Kier alpha value is -1.59. The average molecular weight is 216 g/mol. The van der Waals surface area contributed by atoms with Crippen LogP contribution in [0.1, 0.15) is 19.8 Å². The Kier molecular flexibility index (Phi) is 6.08. The molecule has 2 amide bonds. The molecule has 0 aliphatic rings. The van der Waals surface area contributed by atoms with Crippen LogP contribution in [0.5, 0.6) is 0 Å². The van der Waals surface area contributed by atoms with Gasteiger partial charge in [-0.25, -0.2) is 0 Å². The minimum absolute atomic E-state index is 0.00803. The summed E-state index contributed by atoms with van der Waals surface area (Å²) in [5.41, 5.74) is 0. The van der Waals surface area contributed by atoms with Crippen LogP contribution >= 0.6 is 0 Å². The summed E-state index contributed by atoms with van der Waals surface area (Å²) < 4.78 is 0. The van der Waals surface area contributed by atoms with E-state index in [1.807, 2.05) is 0 Å². The first-order valence-electron chi connectivity index (χ1n) is 4.63. The number of carbonyl (C=O) groups excluding carboxylic acids is 2. The molecular weight excluding hydrogens is 200 g/mol. The molecule has 0 aliphatic heterocycles. The Bertz CT molecular complexity index is 252. The highest BCUT2D eigenvalue weighted by Crippen LogP contribution is 1.94. The van der Waals surface area contributed by atoms with Crippen molar-refractivity contribution in [2.45, 2.75) is 19.8 Å². The summed E-state index contributed by atoms with van der Waals surface area (Å²) in [5, 5.41) is 10.9. The number of nitrogens with zero attached hydrogens (tertiary/aromatic N) is 1. The Morgan fingerprint density at radius 1 is 1.27 bits per heavy atom. The molecule has 0 aromatic rings. The minimum atomic E-state index is -0.987. The van der Waals surface area contributed by atoms with Gasteiger partial charge in [0.1, 0.15) is 0 Å². The molecule has 2 N–H and O–H groups in total. The lowest BCUT2D eigenvalue weighted by molar-refractivity contribution is -0.140. The molecule has 0 fully saturated rings. The summed E-state index contributed by atoms with van der Waals surface area (Å²) in [6, 6.07) is 0. The number of amides is 2. The predicted octanol–water partition coefficient (Wildman–Crippen LogP) is -0.554. The summed E-state index contributed by atoms with van der Waals surface area (Å²) >= 11 is 0. The van der Waals surface area contributed by atoms with Crippen LogP contribution in [0, 0.1) is 0 Å². The predicted molar refractivity (Wildman–Crippen MR) is 53.2 cm³/mol. The maximum absolute atomic E-state index is 11.3. The molecule has 6 nitrogen and oxygen atoms in total. The van der Waals surface area contributed by atoms with Crippen LogP contribution in [-0.4, -0.2) is 47.9 Å². The zero-order valence-electron chi connectivity index (χ0n) is 8.95. The third kappa shape index (κ3) is 7.48. The second kappa shape index (κ2) is 6.80. The van der Waals surface area contributed by atoms with Crippen LogP contribution in [0.2, 0.25) is 0 Å². The number of carboxylic acids is 1. The van der Waals surface area contributed by atoms with Gasteiger partial charge in [0.05, 0.1) is 6.42 Å². The number of nitrogens with one attached hydrogen (secondary N) is 1. The largest absolute Gasteiger partial charge is 0.481 e. The van der Waals surface area contributed by atoms with E-state index in [1.54, 1.807) is 7.05 Å². The fourth-order valence-corrected chi connectivity index (χ4v) is 0.929. The summed E-state index contributed by atoms with van der Waals surface area (Å²) in [4.78, 5) is 33.4. The van der Waals surface area contributed by atoms with Crippen molar-refractivity contribution in [1.82, 2.24) is 10.2 Å². The number of likely N-dealkylation sites (N-methyl/N-ethyl adjacent to an activating group) is 1. The first-order valence-corrected chi connectivity index (χ1v) is 4.63. The van der Waals surface area contributed by atoms with E-state index in [4.69, 9.17) is 5.11 Å². The molecule has 15 heavy (non-hydrogen) atoms. The summed E-state index contributed by atoms with van der Waals surface area (Å²) in [6.45, 7) is 2.16. The van der Waals surface area contributed by atoms with Crippen LogP contribution in [-0.2, 0) is 14.4 Å². The zero-order valence-corrected chi connectivity index (χ0v) is 8.95. The highest BCUT2D eigenvalue weighted by Gasteiger charge is 2.10. The van der Waals surface area contributed by atoms with Crippen LogP contribution in [0.15, 0.2) is 0 Å². The highest BCUT2D eigenvalue weighted by atomic mass is 16.4. The zero-order chi connectivity index (χ0) is 11.8. The Labute approximate surface area is 88.2 Å². The van der Waals surface area contributed by atoms with E-state index in [0.717, 1.165) is 0 Å². The molecule has 0 bridgehead atoms. The second-order valence-electron chi connectivity index (χ2n) is 3.19. The lowest BCUT2D eigenvalue weighted by Gasteiger charge is -2.16. The molecular formula is C9H16N2O4. The van der Waals surface area contributed by atoms with Gasteiger partial charge in [0.15, 0.2) is 0 Å². The fourth-order valence-electron chi connectivity index (χ4n) is 0.929. The van der Waals surface area contributed by atoms with Crippen molar-refractivity contribution in [3.05, 3.63) is 0 Å². The smallest absolute Gasteiger partial charge is 0.303 e. The molecule has 0 rings (SSSR count). The standard InChI is InChI=1S/C9H16N2O4/c1-7(12)10-5-6-11(2)8(13)3-4-9(14)15/h3-6H2,1-2H3,(H,10,12)(H,14,15). The van der Waals surface area contributed by atoms with E-state index in [1.165, 1.54) is 11.8 Å². The van der Waals surface area contributed by atoms with E-state index in [-0.39, 0.29) is 24.7 Å². The van der Waals surface area contributed by atoms with Crippen LogP contribution in [0.4, 0.5) is 0 Å². The van der Waals surface area contributed by atoms with Gasteiger partial charge in [-0.3, -0.25) is 14.4 Å². The van der Waals surface area contributed by atoms with E-state index >= 15 is 0 Å². The molecule has 0 aliphatic carbocycles. The first-order chi connectivity index (χ1) is 6.93. The van der Waals surface area contributed by atoms with Crippen molar-refractivity contribution in [3.63, 3.8) is 0 Å². The van der Waals surface area contributed by atoms with E-state index in [2.05, 4.69) is 5.32 Å². The van der Waals surface area contributed by atoms with Crippen molar-refractivity contribution in [2.75, 3.05) is 20.1 Å². The van der Waals surface area contributed by atoms with Gasteiger partial charge in [-0.15, -0.1) is 0 Å². The number of hydrogen-bond donors (Lipinski definition) is 2. The van der Waals surface area contributed by atoms with Crippen molar-refractivity contribution < 1.29 is 19.5 Å². The van der Waals surface area contributed by atoms with Gasteiger partial charge in [-0.05, 0) is 0 Å². The molecule has 0 aromatic carbocycles. The molecule has 0 spiro atoms. The Morgan fingerprint density at radius 3 is 2.33 bits per heavy atom. The number of carboxylic acid groups (broad SMARTS) is 1. The molecule has 0 heterocycles. The van der Waals surface area contributed by atoms with Crippen molar-refractivity contribution in [2.24, 2.45) is 0 Å². The fraction of sp³-hybridized carbons (Fsp3) is 0.667. The Morgan fingerprint density at radius 2 is 1.87 bits per heavy atom. The summed E-state index contributed by atoms with van der Waals surface area (Å²) in [7, 11) is 1.58. The van der Waals surface area contributed by atoms with Crippen molar-refractivity contribution >= 4 is 17.8 Å². The number of carbonyl (C=O) groups is 3. The molecule has 0 saturated carbocycles. The molecule has 0 radical (unpaired) electrons. The quantitative estimate of drug-likeness (QED) is 0.623. The van der Waals surface area contributed by atoms with E-state index in [9.17, 15) is 14.4 Å². The van der Waals surface area contributed by atoms with Gasteiger partial charge in [-0.2, -0.15) is 0 Å². The van der Waals surface area contributed by atoms with Gasteiger partial charge in [0.2, 0.25) is 11.8 Å². The summed E-state index contributed by atoms with van der Waals surface area (Å²) in [5.74, 6) is -1.37. The minimum Gasteiger partial charge on any atom is -0.481 e. The van der Waals surface area contributed by atoms with Gasteiger partial charge in [0, 0.05) is 33.5 Å². The molecule has 0 unspecified atom stereocenters. The van der Waals surface area contributed by atoms with Gasteiger partial charge >= 0.3 is 5.97 Å². The van der Waals surface area contributed by atoms with Gasteiger partial charge in [0.25, 0.3) is 0 Å². The van der Waals surface area contributed by atoms with Crippen LogP contribution < -0.4 is 5.32 Å². The highest BCUT2D eigenvalue weighted by molar-refractivity contribution is 5.80. The normalized spacial score (nSPS) is 9.47. The van der Waals surface area contributed by atoms with Crippen molar-refractivity contribution in [1.29, 1.82) is 0 Å². The average Bonchev–Trinajstić information content (AvgIpc) is 2.13. The second-order valence-corrected chi connectivity index (χ2v) is 3.19. The lowest BCUT2D eigenvalue weighted by atomic mass is 10.3. The van der Waals surface area contributed by atoms with Crippen LogP contribution in [0.25, 0.3) is 0 Å². The number of aliphatic carboxylic acids is 1. The molecule has 6 heteroatoms. The molecule has 0 saturated heterocycles.